The van der Waals surface area contributed by atoms with E-state index in [1.165, 1.54) is 23.0 Å². The minimum Gasteiger partial charge on any atom is -0.240 e. The highest BCUT2D eigenvalue weighted by Gasteiger charge is 2.05. The number of nitrogens with zero attached hydrogens (tertiary/aromatic N) is 3. The number of hydrogen-bond donors (Lipinski definition) is 0. The molecule has 2 rings (SSSR count). The molecule has 1 heterocycles. The van der Waals surface area contributed by atoms with E-state index in [2.05, 4.69) is 5.10 Å². The van der Waals surface area contributed by atoms with Gasteiger partial charge in [0.1, 0.15) is 6.07 Å². The summed E-state index contributed by atoms with van der Waals surface area (Å²) < 4.78 is 26.8. The molecule has 0 unspecified atom stereocenters. The Labute approximate surface area is 84.2 Å². The predicted octanol–water partition coefficient (Wildman–Crippen LogP) is 2.02. The highest BCUT2D eigenvalue weighted by molar-refractivity contribution is 5.33. The van der Waals surface area contributed by atoms with Crippen molar-refractivity contribution in [3.8, 4) is 11.8 Å². The van der Waals surface area contributed by atoms with Gasteiger partial charge in [-0.15, -0.1) is 0 Å². The van der Waals surface area contributed by atoms with Gasteiger partial charge in [-0.1, -0.05) is 0 Å². The van der Waals surface area contributed by atoms with Crippen LogP contribution in [0.2, 0.25) is 0 Å². The first-order valence-electron chi connectivity index (χ1n) is 4.12. The van der Waals surface area contributed by atoms with Crippen LogP contribution in [0.25, 0.3) is 5.69 Å². The van der Waals surface area contributed by atoms with Crippen molar-refractivity contribution >= 4 is 0 Å². The minimum atomic E-state index is -0.943. The molecule has 0 atom stereocenters. The van der Waals surface area contributed by atoms with Crippen molar-refractivity contribution in [2.24, 2.45) is 0 Å². The third-order valence-electron chi connectivity index (χ3n) is 1.87. The normalized spacial score (nSPS) is 9.93. The minimum absolute atomic E-state index is 0.222. The second-order valence-corrected chi connectivity index (χ2v) is 2.86. The van der Waals surface area contributed by atoms with Crippen molar-refractivity contribution in [3.05, 3.63) is 47.8 Å². The Morgan fingerprint density at radius 3 is 2.60 bits per heavy atom. The van der Waals surface area contributed by atoms with Gasteiger partial charge in [0.25, 0.3) is 0 Å². The van der Waals surface area contributed by atoms with Gasteiger partial charge in [0.2, 0.25) is 0 Å². The van der Waals surface area contributed by atoms with Crippen LogP contribution < -0.4 is 0 Å². The number of halogens is 2. The molecule has 0 bridgehead atoms. The molecule has 0 radical (unpaired) electrons. The van der Waals surface area contributed by atoms with Crippen LogP contribution in [0.1, 0.15) is 5.69 Å². The molecule has 0 fully saturated rings. The standard InChI is InChI=1S/C10H5F2N3/c11-9-2-1-8(5-10(9)12)15-4-3-7(6-13)14-15/h1-5H. The van der Waals surface area contributed by atoms with Crippen molar-refractivity contribution in [1.29, 1.82) is 5.26 Å². The lowest BCUT2D eigenvalue weighted by molar-refractivity contribution is 0.507. The van der Waals surface area contributed by atoms with Crippen molar-refractivity contribution in [1.82, 2.24) is 9.78 Å². The topological polar surface area (TPSA) is 41.6 Å². The molecule has 1 aromatic heterocycles. The quantitative estimate of drug-likeness (QED) is 0.714. The van der Waals surface area contributed by atoms with E-state index in [0.717, 1.165) is 12.1 Å². The molecular weight excluding hydrogens is 200 g/mol. The number of hydrogen-bond acceptors (Lipinski definition) is 2. The number of nitriles is 1. The molecule has 0 spiro atoms. The van der Waals surface area contributed by atoms with Crippen LogP contribution in [0.3, 0.4) is 0 Å². The first-order chi connectivity index (χ1) is 7.20. The molecule has 74 valence electrons. The molecule has 0 aliphatic carbocycles. The van der Waals surface area contributed by atoms with Gasteiger partial charge in [-0.05, 0) is 18.2 Å². The maximum atomic E-state index is 12.9. The molecule has 0 amide bonds. The Balaban J connectivity index is 2.46. The second-order valence-electron chi connectivity index (χ2n) is 2.86. The van der Waals surface area contributed by atoms with Gasteiger partial charge in [0.05, 0.1) is 5.69 Å². The summed E-state index contributed by atoms with van der Waals surface area (Å²) in [5.41, 5.74) is 0.593. The first-order valence-corrected chi connectivity index (χ1v) is 4.12. The third-order valence-corrected chi connectivity index (χ3v) is 1.87. The van der Waals surface area contributed by atoms with E-state index in [-0.39, 0.29) is 5.69 Å². The zero-order valence-electron chi connectivity index (χ0n) is 7.48. The van der Waals surface area contributed by atoms with Gasteiger partial charge < -0.3 is 0 Å². The average molecular weight is 205 g/mol. The molecule has 0 saturated carbocycles. The van der Waals surface area contributed by atoms with Crippen molar-refractivity contribution in [2.75, 3.05) is 0 Å². The van der Waals surface area contributed by atoms with Gasteiger partial charge in [0.15, 0.2) is 17.3 Å². The fraction of sp³-hybridized carbons (Fsp3) is 0. The molecule has 3 nitrogen and oxygen atoms in total. The highest BCUT2D eigenvalue weighted by Crippen LogP contribution is 2.12. The van der Waals surface area contributed by atoms with Crippen molar-refractivity contribution < 1.29 is 8.78 Å². The average Bonchev–Trinajstić information content (AvgIpc) is 2.70. The van der Waals surface area contributed by atoms with E-state index in [1.54, 1.807) is 0 Å². The Morgan fingerprint density at radius 2 is 2.00 bits per heavy atom. The number of benzene rings is 1. The van der Waals surface area contributed by atoms with Crippen LogP contribution in [-0.2, 0) is 0 Å². The monoisotopic (exact) mass is 205 g/mol. The Kier molecular flexibility index (Phi) is 2.18. The highest BCUT2D eigenvalue weighted by atomic mass is 19.2. The summed E-state index contributed by atoms with van der Waals surface area (Å²) in [4.78, 5) is 0. The first kappa shape index (κ1) is 9.34. The lowest BCUT2D eigenvalue weighted by atomic mass is 10.3. The fourth-order valence-corrected chi connectivity index (χ4v) is 1.15. The number of rotatable bonds is 1. The SMILES string of the molecule is N#Cc1ccn(-c2ccc(F)c(F)c2)n1. The summed E-state index contributed by atoms with van der Waals surface area (Å²) in [7, 11) is 0. The fourth-order valence-electron chi connectivity index (χ4n) is 1.15. The Morgan fingerprint density at radius 1 is 1.20 bits per heavy atom. The predicted molar refractivity (Wildman–Crippen MR) is 48.2 cm³/mol. The Bertz CT molecular complexity index is 540. The van der Waals surface area contributed by atoms with Crippen LogP contribution in [0.15, 0.2) is 30.5 Å². The third kappa shape index (κ3) is 1.70. The second kappa shape index (κ2) is 3.50. The summed E-state index contributed by atoms with van der Waals surface area (Å²) in [5, 5.41) is 12.4. The smallest absolute Gasteiger partial charge is 0.162 e. The zero-order valence-corrected chi connectivity index (χ0v) is 7.48. The summed E-state index contributed by atoms with van der Waals surface area (Å²) in [6.07, 6.45) is 1.51. The van der Waals surface area contributed by atoms with E-state index in [1.807, 2.05) is 6.07 Å². The summed E-state index contributed by atoms with van der Waals surface area (Å²) in [6.45, 7) is 0. The van der Waals surface area contributed by atoms with Gasteiger partial charge in [-0.2, -0.15) is 10.4 Å². The number of aromatic nitrogens is 2. The molecule has 0 saturated heterocycles. The molecular formula is C10H5F2N3. The van der Waals surface area contributed by atoms with Gasteiger partial charge >= 0.3 is 0 Å². The van der Waals surface area contributed by atoms with Crippen molar-refractivity contribution in [3.63, 3.8) is 0 Å². The lowest BCUT2D eigenvalue weighted by Gasteiger charge is -2.00. The van der Waals surface area contributed by atoms with E-state index in [0.29, 0.717) is 5.69 Å². The van der Waals surface area contributed by atoms with Crippen LogP contribution in [0.4, 0.5) is 8.78 Å². The van der Waals surface area contributed by atoms with Crippen LogP contribution in [0, 0.1) is 23.0 Å². The van der Waals surface area contributed by atoms with Gasteiger partial charge in [0, 0.05) is 12.3 Å². The van der Waals surface area contributed by atoms with E-state index in [9.17, 15) is 8.78 Å². The van der Waals surface area contributed by atoms with E-state index < -0.39 is 11.6 Å². The van der Waals surface area contributed by atoms with E-state index >= 15 is 0 Å². The van der Waals surface area contributed by atoms with Gasteiger partial charge in [-0.3, -0.25) is 0 Å². The van der Waals surface area contributed by atoms with E-state index in [4.69, 9.17) is 5.26 Å². The van der Waals surface area contributed by atoms with Crippen LogP contribution >= 0.6 is 0 Å². The van der Waals surface area contributed by atoms with Crippen LogP contribution in [0.5, 0.6) is 0 Å². The molecule has 0 aliphatic rings. The van der Waals surface area contributed by atoms with Crippen molar-refractivity contribution in [2.45, 2.75) is 0 Å². The summed E-state index contributed by atoms with van der Waals surface area (Å²) in [5.74, 6) is -1.85. The molecule has 0 N–H and O–H groups in total. The molecule has 15 heavy (non-hydrogen) atoms. The maximum absolute atomic E-state index is 12.9. The molecule has 2 aromatic rings. The van der Waals surface area contributed by atoms with Crippen LogP contribution in [-0.4, -0.2) is 9.78 Å². The molecule has 5 heteroatoms. The van der Waals surface area contributed by atoms with Gasteiger partial charge in [-0.25, -0.2) is 13.5 Å². The Hall–Kier alpha value is -2.22. The maximum Gasteiger partial charge on any atom is 0.162 e. The largest absolute Gasteiger partial charge is 0.240 e. The lowest BCUT2D eigenvalue weighted by Crippen LogP contribution is -1.97. The summed E-state index contributed by atoms with van der Waals surface area (Å²) in [6, 6.07) is 6.74. The zero-order chi connectivity index (χ0) is 10.8. The molecule has 0 aliphatic heterocycles. The molecule has 1 aromatic carbocycles. The summed E-state index contributed by atoms with van der Waals surface area (Å²) >= 11 is 0.